The summed E-state index contributed by atoms with van der Waals surface area (Å²) in [6.45, 7) is 7.93. The van der Waals surface area contributed by atoms with Gasteiger partial charge in [-0.2, -0.15) is 0 Å². The van der Waals surface area contributed by atoms with Crippen molar-refractivity contribution in [3.05, 3.63) is 70.5 Å². The third-order valence-corrected chi connectivity index (χ3v) is 6.48. The van der Waals surface area contributed by atoms with Crippen LogP contribution in [0.2, 0.25) is 5.02 Å². The molecule has 164 valence electrons. The molecular formula is C24H25ClFNO4. The Morgan fingerprint density at radius 3 is 2.55 bits per heavy atom. The minimum absolute atomic E-state index is 0.211. The van der Waals surface area contributed by atoms with Crippen LogP contribution >= 0.6 is 11.6 Å². The zero-order valence-electron chi connectivity index (χ0n) is 17.9. The summed E-state index contributed by atoms with van der Waals surface area (Å²) in [5.74, 6) is -1.08. The maximum Gasteiger partial charge on any atom is 0.408 e. The molecule has 4 rings (SSSR count). The Balaban J connectivity index is 1.88. The number of amides is 1. The van der Waals surface area contributed by atoms with Crippen LogP contribution in [0.25, 0.3) is 0 Å². The molecule has 2 aromatic rings. The fourth-order valence-corrected chi connectivity index (χ4v) is 4.89. The van der Waals surface area contributed by atoms with Crippen molar-refractivity contribution in [3.63, 3.8) is 0 Å². The summed E-state index contributed by atoms with van der Waals surface area (Å²) in [5, 5.41) is 10.3. The van der Waals surface area contributed by atoms with Gasteiger partial charge in [-0.1, -0.05) is 56.7 Å². The molecule has 2 heterocycles. The number of para-hydroxylation sites is 1. The number of halogens is 2. The first-order valence-electron chi connectivity index (χ1n) is 10.1. The highest BCUT2D eigenvalue weighted by atomic mass is 35.5. The molecule has 2 aromatic carbocycles. The lowest BCUT2D eigenvalue weighted by molar-refractivity contribution is -0.0732. The van der Waals surface area contributed by atoms with Gasteiger partial charge in [0.1, 0.15) is 5.82 Å². The van der Waals surface area contributed by atoms with Crippen molar-refractivity contribution in [1.82, 2.24) is 4.90 Å². The quantitative estimate of drug-likeness (QED) is 0.550. The zero-order valence-corrected chi connectivity index (χ0v) is 18.7. The fraction of sp³-hybridized carbons (Fsp3) is 0.375. The fourth-order valence-electron chi connectivity index (χ4n) is 4.73. The maximum atomic E-state index is 14.7. The molecule has 2 unspecified atom stereocenters. The predicted molar refractivity (Wildman–Crippen MR) is 116 cm³/mol. The second-order valence-corrected chi connectivity index (χ2v) is 9.52. The van der Waals surface area contributed by atoms with Gasteiger partial charge in [0.15, 0.2) is 11.5 Å². The van der Waals surface area contributed by atoms with Crippen LogP contribution in [0.15, 0.2) is 48.6 Å². The van der Waals surface area contributed by atoms with E-state index in [-0.39, 0.29) is 17.1 Å². The SMILES string of the molecule is CC1(c2ccc(Cl)cc2F)Oc2cccc(C3(C(C)(C)C)CC=CCN3C(=O)O)c2O1. The van der Waals surface area contributed by atoms with E-state index in [2.05, 4.69) is 0 Å². The molecule has 1 amide bonds. The van der Waals surface area contributed by atoms with Gasteiger partial charge < -0.3 is 14.6 Å². The molecule has 0 aliphatic carbocycles. The molecule has 2 aliphatic rings. The highest BCUT2D eigenvalue weighted by Gasteiger charge is 2.54. The molecule has 0 radical (unpaired) electrons. The van der Waals surface area contributed by atoms with Crippen LogP contribution in [0.5, 0.6) is 11.5 Å². The number of fused-ring (bicyclic) bond motifs is 1. The van der Waals surface area contributed by atoms with Gasteiger partial charge in [0.25, 0.3) is 5.79 Å². The minimum Gasteiger partial charge on any atom is -0.465 e. The standard InChI is InChI=1S/C24H25ClFNO4/c1-22(2,3)24(12-5-6-13-27(24)21(28)29)17-8-7-9-19-20(17)31-23(4,30-19)16-11-10-15(25)14-18(16)26/h5-11,14H,12-13H2,1-4H3,(H,28,29). The number of carbonyl (C=O) groups is 1. The highest BCUT2D eigenvalue weighted by Crippen LogP contribution is 2.56. The molecule has 1 N–H and O–H groups in total. The van der Waals surface area contributed by atoms with E-state index in [1.165, 1.54) is 17.0 Å². The van der Waals surface area contributed by atoms with Gasteiger partial charge >= 0.3 is 6.09 Å². The van der Waals surface area contributed by atoms with Crippen LogP contribution in [-0.4, -0.2) is 22.6 Å². The third-order valence-electron chi connectivity index (χ3n) is 6.25. The van der Waals surface area contributed by atoms with E-state index in [4.69, 9.17) is 21.1 Å². The van der Waals surface area contributed by atoms with E-state index in [1.54, 1.807) is 19.1 Å². The van der Waals surface area contributed by atoms with Gasteiger partial charge in [0, 0.05) is 24.1 Å². The van der Waals surface area contributed by atoms with Crippen molar-refractivity contribution < 1.29 is 23.8 Å². The summed E-state index contributed by atoms with van der Waals surface area (Å²) in [4.78, 5) is 13.7. The lowest BCUT2D eigenvalue weighted by Gasteiger charge is -2.52. The maximum absolute atomic E-state index is 14.7. The molecule has 0 fully saturated rings. The Kier molecular flexibility index (Phi) is 4.97. The molecule has 5 nitrogen and oxygen atoms in total. The van der Waals surface area contributed by atoms with E-state index in [1.807, 2.05) is 45.1 Å². The van der Waals surface area contributed by atoms with Gasteiger partial charge in [-0.3, -0.25) is 4.90 Å². The number of ether oxygens (including phenoxy) is 2. The van der Waals surface area contributed by atoms with Gasteiger partial charge in [-0.15, -0.1) is 0 Å². The van der Waals surface area contributed by atoms with Crippen molar-refractivity contribution in [3.8, 4) is 11.5 Å². The summed E-state index contributed by atoms with van der Waals surface area (Å²) >= 11 is 5.91. The van der Waals surface area contributed by atoms with Crippen LogP contribution in [0.1, 0.15) is 45.2 Å². The molecular weight excluding hydrogens is 421 g/mol. The number of carboxylic acid groups (broad SMARTS) is 1. The molecule has 0 saturated carbocycles. The molecule has 0 aromatic heterocycles. The van der Waals surface area contributed by atoms with Crippen LogP contribution in [0, 0.1) is 11.2 Å². The smallest absolute Gasteiger partial charge is 0.408 e. The van der Waals surface area contributed by atoms with Crippen molar-refractivity contribution >= 4 is 17.7 Å². The monoisotopic (exact) mass is 445 g/mol. The highest BCUT2D eigenvalue weighted by molar-refractivity contribution is 6.30. The molecule has 2 aliphatic heterocycles. The average molecular weight is 446 g/mol. The minimum atomic E-state index is -1.41. The second-order valence-electron chi connectivity index (χ2n) is 9.09. The lowest BCUT2D eigenvalue weighted by atomic mass is 9.65. The van der Waals surface area contributed by atoms with Crippen molar-refractivity contribution in [1.29, 1.82) is 0 Å². The Bertz CT molecular complexity index is 1080. The van der Waals surface area contributed by atoms with Crippen LogP contribution in [-0.2, 0) is 11.3 Å². The second kappa shape index (κ2) is 7.16. The lowest BCUT2D eigenvalue weighted by Crippen LogP contribution is -2.57. The van der Waals surface area contributed by atoms with E-state index < -0.39 is 28.7 Å². The number of hydrogen-bond donors (Lipinski definition) is 1. The summed E-state index contributed by atoms with van der Waals surface area (Å²) in [6, 6.07) is 9.76. The summed E-state index contributed by atoms with van der Waals surface area (Å²) < 4.78 is 27.1. The van der Waals surface area contributed by atoms with Gasteiger partial charge in [-0.05, 0) is 36.1 Å². The van der Waals surface area contributed by atoms with E-state index >= 15 is 0 Å². The largest absolute Gasteiger partial charge is 0.465 e. The van der Waals surface area contributed by atoms with Crippen molar-refractivity contribution in [2.45, 2.75) is 45.4 Å². The average Bonchev–Trinajstić information content (AvgIpc) is 3.03. The zero-order chi connectivity index (χ0) is 22.6. The summed E-state index contributed by atoms with van der Waals surface area (Å²) in [7, 11) is 0. The molecule has 0 bridgehead atoms. The van der Waals surface area contributed by atoms with E-state index in [0.717, 1.165) is 0 Å². The topological polar surface area (TPSA) is 59.0 Å². The number of rotatable bonds is 2. The Morgan fingerprint density at radius 2 is 1.90 bits per heavy atom. The Morgan fingerprint density at radius 1 is 1.16 bits per heavy atom. The summed E-state index contributed by atoms with van der Waals surface area (Å²) in [6.07, 6.45) is 3.32. The van der Waals surface area contributed by atoms with Gasteiger partial charge in [0.05, 0.1) is 11.1 Å². The van der Waals surface area contributed by atoms with Crippen LogP contribution in [0.4, 0.5) is 9.18 Å². The molecule has 0 saturated heterocycles. The van der Waals surface area contributed by atoms with Crippen molar-refractivity contribution in [2.75, 3.05) is 6.54 Å². The molecule has 7 heteroatoms. The van der Waals surface area contributed by atoms with Crippen molar-refractivity contribution in [2.24, 2.45) is 5.41 Å². The molecule has 0 spiro atoms. The Labute approximate surface area is 186 Å². The molecule has 31 heavy (non-hydrogen) atoms. The van der Waals surface area contributed by atoms with Gasteiger partial charge in [0.2, 0.25) is 0 Å². The number of hydrogen-bond acceptors (Lipinski definition) is 3. The third kappa shape index (κ3) is 3.24. The predicted octanol–water partition coefficient (Wildman–Crippen LogP) is 6.30. The molecule has 2 atom stereocenters. The number of nitrogens with zero attached hydrogens (tertiary/aromatic N) is 1. The van der Waals surface area contributed by atoms with Crippen LogP contribution < -0.4 is 9.47 Å². The van der Waals surface area contributed by atoms with E-state index in [0.29, 0.717) is 23.5 Å². The number of benzene rings is 2. The normalized spacial score (nSPS) is 25.0. The summed E-state index contributed by atoms with van der Waals surface area (Å²) in [5.41, 5.74) is -0.463. The first kappa shape index (κ1) is 21.5. The Hall–Kier alpha value is -2.73. The van der Waals surface area contributed by atoms with Gasteiger partial charge in [-0.25, -0.2) is 9.18 Å². The van der Waals surface area contributed by atoms with E-state index in [9.17, 15) is 14.3 Å². The van der Waals surface area contributed by atoms with Crippen LogP contribution in [0.3, 0.4) is 0 Å². The first-order chi connectivity index (χ1) is 14.5. The first-order valence-corrected chi connectivity index (χ1v) is 10.5.